The Kier molecular flexibility index (Phi) is 6.39. The van der Waals surface area contributed by atoms with Crippen LogP contribution in [0.1, 0.15) is 44.8 Å². The highest BCUT2D eigenvalue weighted by molar-refractivity contribution is 7.84. The van der Waals surface area contributed by atoms with E-state index >= 15 is 0 Å². The van der Waals surface area contributed by atoms with E-state index in [9.17, 15) is 9.00 Å². The molecular formula is C15H24N2O2S2. The highest BCUT2D eigenvalue weighted by Crippen LogP contribution is 2.28. The fourth-order valence-corrected chi connectivity index (χ4v) is 3.95. The van der Waals surface area contributed by atoms with E-state index < -0.39 is 10.8 Å². The Balaban J connectivity index is 2.08. The molecular weight excluding hydrogens is 304 g/mol. The van der Waals surface area contributed by atoms with E-state index in [1.165, 1.54) is 0 Å². The fourth-order valence-electron chi connectivity index (χ4n) is 2.58. The molecule has 2 rings (SSSR count). The minimum Gasteiger partial charge on any atom is -0.321 e. The van der Waals surface area contributed by atoms with Crippen LogP contribution in [0.5, 0.6) is 0 Å². The van der Waals surface area contributed by atoms with Crippen molar-refractivity contribution in [2.75, 3.05) is 18.1 Å². The number of hydrogen-bond acceptors (Lipinski definition) is 4. The van der Waals surface area contributed by atoms with Gasteiger partial charge in [0.05, 0.1) is 6.04 Å². The summed E-state index contributed by atoms with van der Waals surface area (Å²) in [6.07, 6.45) is 2.96. The molecule has 4 nitrogen and oxygen atoms in total. The van der Waals surface area contributed by atoms with Crippen molar-refractivity contribution in [3.8, 4) is 0 Å². The number of hydrogen-bond donors (Lipinski definition) is 1. The summed E-state index contributed by atoms with van der Waals surface area (Å²) in [7, 11) is -0.835. The Morgan fingerprint density at radius 3 is 2.86 bits per heavy atom. The molecule has 0 bridgehead atoms. The molecule has 2 heterocycles. The second kappa shape index (κ2) is 8.06. The number of thiophene rings is 1. The van der Waals surface area contributed by atoms with Gasteiger partial charge in [-0.15, -0.1) is 0 Å². The van der Waals surface area contributed by atoms with Crippen LogP contribution in [-0.2, 0) is 15.6 Å². The lowest BCUT2D eigenvalue weighted by Gasteiger charge is -2.23. The molecule has 21 heavy (non-hydrogen) atoms. The molecule has 1 fully saturated rings. The number of carbonyl (C=O) groups is 1. The minimum atomic E-state index is -0.835. The van der Waals surface area contributed by atoms with Crippen molar-refractivity contribution >= 4 is 28.0 Å². The molecule has 1 saturated heterocycles. The molecule has 118 valence electrons. The first-order chi connectivity index (χ1) is 10.2. The van der Waals surface area contributed by atoms with Crippen LogP contribution in [0.2, 0.25) is 0 Å². The van der Waals surface area contributed by atoms with Gasteiger partial charge >= 0.3 is 0 Å². The Bertz CT molecular complexity index is 476. The van der Waals surface area contributed by atoms with Gasteiger partial charge in [-0.2, -0.15) is 11.3 Å². The fraction of sp³-hybridized carbons (Fsp3) is 0.667. The zero-order valence-corrected chi connectivity index (χ0v) is 14.3. The summed E-state index contributed by atoms with van der Waals surface area (Å²) in [5.74, 6) is 1.37. The quantitative estimate of drug-likeness (QED) is 0.798. The van der Waals surface area contributed by atoms with Gasteiger partial charge < -0.3 is 4.90 Å². The molecule has 1 amide bonds. The number of nitrogens with zero attached hydrogens (tertiary/aromatic N) is 1. The third-order valence-electron chi connectivity index (χ3n) is 3.84. The molecule has 1 aliphatic heterocycles. The highest BCUT2D eigenvalue weighted by Gasteiger charge is 2.38. The van der Waals surface area contributed by atoms with E-state index in [4.69, 9.17) is 0 Å². The lowest BCUT2D eigenvalue weighted by Crippen LogP contribution is -2.34. The normalized spacial score (nSPS) is 23.7. The van der Waals surface area contributed by atoms with Crippen molar-refractivity contribution in [3.05, 3.63) is 22.4 Å². The number of rotatable bonds is 8. The molecule has 0 spiro atoms. The lowest BCUT2D eigenvalue weighted by molar-refractivity contribution is -0.130. The average Bonchev–Trinajstić information content (AvgIpc) is 3.11. The third-order valence-corrected chi connectivity index (χ3v) is 5.82. The van der Waals surface area contributed by atoms with Gasteiger partial charge in [0.25, 0.3) is 0 Å². The van der Waals surface area contributed by atoms with Gasteiger partial charge in [0.2, 0.25) is 5.91 Å². The van der Waals surface area contributed by atoms with E-state index in [0.29, 0.717) is 18.1 Å². The topological polar surface area (TPSA) is 49.4 Å². The van der Waals surface area contributed by atoms with Gasteiger partial charge in [0.15, 0.2) is 0 Å². The Labute approximate surface area is 133 Å². The van der Waals surface area contributed by atoms with Crippen molar-refractivity contribution in [2.24, 2.45) is 0 Å². The summed E-state index contributed by atoms with van der Waals surface area (Å²) >= 11 is 1.64. The van der Waals surface area contributed by atoms with Gasteiger partial charge in [0.1, 0.15) is 6.17 Å². The van der Waals surface area contributed by atoms with E-state index in [0.717, 1.165) is 24.8 Å². The van der Waals surface area contributed by atoms with E-state index in [2.05, 4.69) is 23.7 Å². The number of unbranched alkanes of at least 4 members (excludes halogenated alkanes) is 1. The van der Waals surface area contributed by atoms with Crippen molar-refractivity contribution < 1.29 is 9.00 Å². The standard InChI is InChI=1S/C15H24N2O2S2/c1-3-5-6-13-15(18)17(8-10-21(19)4-2)14(16-13)12-7-9-20-11-12/h7,9,11,13-14,16H,3-6,8,10H2,1-2H3. The van der Waals surface area contributed by atoms with Gasteiger partial charge in [-0.25, -0.2) is 0 Å². The van der Waals surface area contributed by atoms with Gasteiger partial charge in [-0.1, -0.05) is 26.7 Å². The molecule has 0 aliphatic carbocycles. The van der Waals surface area contributed by atoms with Crippen LogP contribution in [0.15, 0.2) is 16.8 Å². The van der Waals surface area contributed by atoms with E-state index in [-0.39, 0.29) is 18.1 Å². The van der Waals surface area contributed by atoms with Crippen LogP contribution in [-0.4, -0.2) is 39.1 Å². The molecule has 1 N–H and O–H groups in total. The van der Waals surface area contributed by atoms with Crippen molar-refractivity contribution in [2.45, 2.75) is 45.3 Å². The highest BCUT2D eigenvalue weighted by atomic mass is 32.2. The SMILES string of the molecule is CCCCC1NC(c2ccsc2)N(CCS(=O)CC)C1=O. The first-order valence-electron chi connectivity index (χ1n) is 7.61. The van der Waals surface area contributed by atoms with Crippen LogP contribution in [0.3, 0.4) is 0 Å². The van der Waals surface area contributed by atoms with Crippen molar-refractivity contribution in [1.82, 2.24) is 10.2 Å². The lowest BCUT2D eigenvalue weighted by atomic mass is 10.1. The molecule has 3 atom stereocenters. The first-order valence-corrected chi connectivity index (χ1v) is 10.0. The van der Waals surface area contributed by atoms with Crippen LogP contribution in [0, 0.1) is 0 Å². The summed E-state index contributed by atoms with van der Waals surface area (Å²) in [6, 6.07) is 1.96. The first kappa shape index (κ1) is 16.6. The van der Waals surface area contributed by atoms with Gasteiger partial charge in [-0.3, -0.25) is 14.3 Å². The predicted molar refractivity (Wildman–Crippen MR) is 88.8 cm³/mol. The van der Waals surface area contributed by atoms with Crippen LogP contribution in [0.4, 0.5) is 0 Å². The summed E-state index contributed by atoms with van der Waals surface area (Å²) in [5, 5.41) is 7.57. The van der Waals surface area contributed by atoms with Crippen LogP contribution in [0.25, 0.3) is 0 Å². The summed E-state index contributed by atoms with van der Waals surface area (Å²) in [4.78, 5) is 14.5. The monoisotopic (exact) mass is 328 g/mol. The second-order valence-corrected chi connectivity index (χ2v) is 7.93. The summed E-state index contributed by atoms with van der Waals surface area (Å²) in [6.45, 7) is 4.62. The summed E-state index contributed by atoms with van der Waals surface area (Å²) in [5.41, 5.74) is 1.13. The number of nitrogens with one attached hydrogen (secondary N) is 1. The van der Waals surface area contributed by atoms with Gasteiger partial charge in [-0.05, 0) is 28.8 Å². The van der Waals surface area contributed by atoms with Crippen LogP contribution >= 0.6 is 11.3 Å². The smallest absolute Gasteiger partial charge is 0.241 e. The third kappa shape index (κ3) is 4.14. The average molecular weight is 329 g/mol. The Morgan fingerprint density at radius 2 is 2.24 bits per heavy atom. The zero-order chi connectivity index (χ0) is 15.2. The number of carbonyl (C=O) groups excluding carboxylic acids is 1. The van der Waals surface area contributed by atoms with E-state index in [1.807, 2.05) is 17.2 Å². The maximum atomic E-state index is 12.6. The molecule has 0 radical (unpaired) electrons. The molecule has 0 saturated carbocycles. The van der Waals surface area contributed by atoms with Gasteiger partial charge in [0, 0.05) is 28.9 Å². The Morgan fingerprint density at radius 1 is 1.43 bits per heavy atom. The van der Waals surface area contributed by atoms with Crippen molar-refractivity contribution in [3.63, 3.8) is 0 Å². The molecule has 0 aromatic carbocycles. The zero-order valence-electron chi connectivity index (χ0n) is 12.7. The summed E-state index contributed by atoms with van der Waals surface area (Å²) < 4.78 is 11.7. The largest absolute Gasteiger partial charge is 0.321 e. The molecule has 3 unspecified atom stereocenters. The second-order valence-electron chi connectivity index (χ2n) is 5.28. The maximum Gasteiger partial charge on any atom is 0.241 e. The molecule has 1 aliphatic rings. The van der Waals surface area contributed by atoms with Crippen molar-refractivity contribution in [1.29, 1.82) is 0 Å². The van der Waals surface area contributed by atoms with E-state index in [1.54, 1.807) is 11.3 Å². The molecule has 6 heteroatoms. The number of amides is 1. The van der Waals surface area contributed by atoms with Crippen LogP contribution < -0.4 is 5.32 Å². The Hall–Kier alpha value is -0.720. The molecule has 1 aromatic heterocycles. The predicted octanol–water partition coefficient (Wildman–Crippen LogP) is 2.51. The maximum absolute atomic E-state index is 12.6. The minimum absolute atomic E-state index is 0.0561. The molecule has 1 aromatic rings.